The third kappa shape index (κ3) is 4.10. The zero-order valence-corrected chi connectivity index (χ0v) is 12.9. The molecule has 0 aromatic carbocycles. The summed E-state index contributed by atoms with van der Waals surface area (Å²) in [6.07, 6.45) is 7.12. The van der Waals surface area contributed by atoms with Gasteiger partial charge in [-0.1, -0.05) is 19.8 Å². The summed E-state index contributed by atoms with van der Waals surface area (Å²) in [5, 5.41) is 3.67. The van der Waals surface area contributed by atoms with Crippen molar-refractivity contribution in [2.45, 2.75) is 64.8 Å². The minimum absolute atomic E-state index is 0.204. The van der Waals surface area contributed by atoms with Gasteiger partial charge >= 0.3 is 0 Å². The van der Waals surface area contributed by atoms with Crippen molar-refractivity contribution in [2.75, 3.05) is 6.54 Å². The Bertz CT molecular complexity index is 363. The van der Waals surface area contributed by atoms with Crippen LogP contribution in [0.5, 0.6) is 0 Å². The number of furan rings is 1. The smallest absolute Gasteiger partial charge is 0.107 e. The van der Waals surface area contributed by atoms with Crippen LogP contribution in [-0.4, -0.2) is 12.1 Å². The fraction of sp³-hybridized carbons (Fsp3) is 0.765. The monoisotopic (exact) mass is 263 g/mol. The van der Waals surface area contributed by atoms with Crippen molar-refractivity contribution >= 4 is 0 Å². The number of hydrogen-bond donors (Lipinski definition) is 1. The SMILES string of the molecule is CCC1CCC(CNC(C)(C)C)C(c2ccco2)C1. The van der Waals surface area contributed by atoms with Crippen LogP contribution in [0.3, 0.4) is 0 Å². The summed E-state index contributed by atoms with van der Waals surface area (Å²) in [6, 6.07) is 4.19. The maximum atomic E-state index is 5.70. The first-order chi connectivity index (χ1) is 8.99. The molecule has 0 amide bonds. The first kappa shape index (κ1) is 14.6. The molecule has 1 aliphatic carbocycles. The predicted octanol–water partition coefficient (Wildman–Crippen LogP) is 4.58. The van der Waals surface area contributed by atoms with E-state index in [1.54, 1.807) is 0 Å². The zero-order chi connectivity index (χ0) is 13.9. The van der Waals surface area contributed by atoms with Crippen LogP contribution in [0.4, 0.5) is 0 Å². The van der Waals surface area contributed by atoms with Crippen LogP contribution in [0.25, 0.3) is 0 Å². The Labute approximate surface area is 118 Å². The van der Waals surface area contributed by atoms with E-state index < -0.39 is 0 Å². The molecule has 0 radical (unpaired) electrons. The van der Waals surface area contributed by atoms with Crippen molar-refractivity contribution in [3.8, 4) is 0 Å². The quantitative estimate of drug-likeness (QED) is 0.860. The molecule has 0 aliphatic heterocycles. The lowest BCUT2D eigenvalue weighted by atomic mass is 9.72. The highest BCUT2D eigenvalue weighted by Gasteiger charge is 2.32. The third-order valence-electron chi connectivity index (χ3n) is 4.48. The van der Waals surface area contributed by atoms with Crippen molar-refractivity contribution in [2.24, 2.45) is 11.8 Å². The maximum absolute atomic E-state index is 5.70. The largest absolute Gasteiger partial charge is 0.469 e. The van der Waals surface area contributed by atoms with Crippen molar-refractivity contribution in [1.29, 1.82) is 0 Å². The van der Waals surface area contributed by atoms with Crippen LogP contribution in [0.2, 0.25) is 0 Å². The molecule has 1 saturated carbocycles. The minimum atomic E-state index is 0.204. The fourth-order valence-electron chi connectivity index (χ4n) is 3.22. The van der Waals surface area contributed by atoms with Gasteiger partial charge in [0.2, 0.25) is 0 Å². The summed E-state index contributed by atoms with van der Waals surface area (Å²) < 4.78 is 5.70. The van der Waals surface area contributed by atoms with E-state index in [9.17, 15) is 0 Å². The first-order valence-electron chi connectivity index (χ1n) is 7.78. The van der Waals surface area contributed by atoms with E-state index in [0.717, 1.165) is 12.5 Å². The minimum Gasteiger partial charge on any atom is -0.469 e. The third-order valence-corrected chi connectivity index (χ3v) is 4.48. The maximum Gasteiger partial charge on any atom is 0.107 e. The van der Waals surface area contributed by atoms with Crippen molar-refractivity contribution in [3.63, 3.8) is 0 Å². The topological polar surface area (TPSA) is 25.2 Å². The molecule has 2 rings (SSSR count). The summed E-state index contributed by atoms with van der Waals surface area (Å²) in [7, 11) is 0. The van der Waals surface area contributed by atoms with Crippen LogP contribution in [0, 0.1) is 11.8 Å². The standard InChI is InChI=1S/C17H29NO/c1-5-13-8-9-14(12-18-17(2,3)4)15(11-13)16-7-6-10-19-16/h6-7,10,13-15,18H,5,8-9,11-12H2,1-4H3. The summed E-state index contributed by atoms with van der Waals surface area (Å²) >= 11 is 0. The fourth-order valence-corrected chi connectivity index (χ4v) is 3.22. The Morgan fingerprint density at radius 2 is 2.11 bits per heavy atom. The average Bonchev–Trinajstić information content (AvgIpc) is 2.89. The molecule has 1 N–H and O–H groups in total. The van der Waals surface area contributed by atoms with E-state index in [2.05, 4.69) is 39.1 Å². The summed E-state index contributed by atoms with van der Waals surface area (Å²) in [4.78, 5) is 0. The highest BCUT2D eigenvalue weighted by atomic mass is 16.3. The number of hydrogen-bond acceptors (Lipinski definition) is 2. The Morgan fingerprint density at radius 1 is 1.32 bits per heavy atom. The number of rotatable bonds is 4. The van der Waals surface area contributed by atoms with Crippen LogP contribution in [0.15, 0.2) is 22.8 Å². The molecule has 0 saturated heterocycles. The summed E-state index contributed by atoms with van der Waals surface area (Å²) in [5.41, 5.74) is 0.204. The molecule has 108 valence electrons. The molecule has 2 heteroatoms. The lowest BCUT2D eigenvalue weighted by Crippen LogP contribution is -2.41. The Balaban J connectivity index is 2.03. The van der Waals surface area contributed by atoms with Crippen LogP contribution < -0.4 is 5.32 Å². The second-order valence-corrected chi connectivity index (χ2v) is 7.10. The van der Waals surface area contributed by atoms with E-state index in [0.29, 0.717) is 11.8 Å². The highest BCUT2D eigenvalue weighted by molar-refractivity contribution is 5.09. The molecule has 1 fully saturated rings. The van der Waals surface area contributed by atoms with E-state index in [-0.39, 0.29) is 5.54 Å². The van der Waals surface area contributed by atoms with Gasteiger partial charge in [0, 0.05) is 11.5 Å². The van der Waals surface area contributed by atoms with Crippen molar-refractivity contribution in [1.82, 2.24) is 5.32 Å². The molecular weight excluding hydrogens is 234 g/mol. The highest BCUT2D eigenvalue weighted by Crippen LogP contribution is 2.41. The molecule has 19 heavy (non-hydrogen) atoms. The van der Waals surface area contributed by atoms with Gasteiger partial charge in [-0.25, -0.2) is 0 Å². The lowest BCUT2D eigenvalue weighted by Gasteiger charge is -2.36. The van der Waals surface area contributed by atoms with E-state index in [1.165, 1.54) is 31.4 Å². The first-order valence-corrected chi connectivity index (χ1v) is 7.78. The van der Waals surface area contributed by atoms with E-state index in [4.69, 9.17) is 4.42 Å². The van der Waals surface area contributed by atoms with Gasteiger partial charge < -0.3 is 9.73 Å². The average molecular weight is 263 g/mol. The van der Waals surface area contributed by atoms with Gasteiger partial charge in [-0.3, -0.25) is 0 Å². The molecule has 0 bridgehead atoms. The van der Waals surface area contributed by atoms with Gasteiger partial charge in [0.15, 0.2) is 0 Å². The molecule has 1 aliphatic rings. The molecule has 2 nitrogen and oxygen atoms in total. The summed E-state index contributed by atoms with van der Waals surface area (Å²) in [6.45, 7) is 10.1. The zero-order valence-electron chi connectivity index (χ0n) is 12.9. The Hall–Kier alpha value is -0.760. The van der Waals surface area contributed by atoms with E-state index >= 15 is 0 Å². The van der Waals surface area contributed by atoms with Gasteiger partial charge in [0.1, 0.15) is 5.76 Å². The second kappa shape index (κ2) is 6.13. The Morgan fingerprint density at radius 3 is 2.68 bits per heavy atom. The predicted molar refractivity (Wildman–Crippen MR) is 80.3 cm³/mol. The molecule has 3 unspecified atom stereocenters. The second-order valence-electron chi connectivity index (χ2n) is 7.10. The summed E-state index contributed by atoms with van der Waals surface area (Å²) in [5.74, 6) is 3.39. The molecule has 0 spiro atoms. The van der Waals surface area contributed by atoms with Crippen LogP contribution in [0.1, 0.15) is 65.1 Å². The Kier molecular flexibility index (Phi) is 4.72. The van der Waals surface area contributed by atoms with Crippen LogP contribution >= 0.6 is 0 Å². The van der Waals surface area contributed by atoms with Gasteiger partial charge in [-0.15, -0.1) is 0 Å². The number of nitrogens with one attached hydrogen (secondary N) is 1. The van der Waals surface area contributed by atoms with Gasteiger partial charge in [0.25, 0.3) is 0 Å². The van der Waals surface area contributed by atoms with Crippen LogP contribution in [-0.2, 0) is 0 Å². The van der Waals surface area contributed by atoms with Crippen molar-refractivity contribution in [3.05, 3.63) is 24.2 Å². The normalized spacial score (nSPS) is 28.5. The molecule has 1 heterocycles. The van der Waals surface area contributed by atoms with Gasteiger partial charge in [0.05, 0.1) is 6.26 Å². The van der Waals surface area contributed by atoms with E-state index in [1.807, 2.05) is 12.3 Å². The molecular formula is C17H29NO. The molecule has 1 aromatic rings. The molecule has 1 aromatic heterocycles. The van der Waals surface area contributed by atoms with Gasteiger partial charge in [-0.05, 0) is 64.1 Å². The van der Waals surface area contributed by atoms with Gasteiger partial charge in [-0.2, -0.15) is 0 Å². The lowest BCUT2D eigenvalue weighted by molar-refractivity contribution is 0.195. The van der Waals surface area contributed by atoms with Crippen molar-refractivity contribution < 1.29 is 4.42 Å². The molecule has 3 atom stereocenters.